The Bertz CT molecular complexity index is 549. The molecular weight excluding hydrogens is 306 g/mol. The minimum absolute atomic E-state index is 0.418. The molecule has 2 rings (SSSR count). The minimum atomic E-state index is 0.418. The van der Waals surface area contributed by atoms with Crippen LogP contribution >= 0.6 is 0 Å². The molecule has 1 fully saturated rings. The Kier molecular flexibility index (Phi) is 7.20. The first-order valence-corrected chi connectivity index (χ1v) is 8.41. The van der Waals surface area contributed by atoms with Crippen molar-refractivity contribution < 1.29 is 4.74 Å². The molecule has 0 radical (unpaired) electrons. The van der Waals surface area contributed by atoms with Gasteiger partial charge in [-0.2, -0.15) is 0 Å². The number of ether oxygens (including phenoxy) is 1. The Morgan fingerprint density at radius 3 is 2.75 bits per heavy atom. The summed E-state index contributed by atoms with van der Waals surface area (Å²) in [5.41, 5.74) is 0. The lowest BCUT2D eigenvalue weighted by Gasteiger charge is -2.32. The van der Waals surface area contributed by atoms with Crippen molar-refractivity contribution in [3.63, 3.8) is 0 Å². The molecule has 0 spiro atoms. The van der Waals surface area contributed by atoms with Crippen molar-refractivity contribution >= 4 is 5.96 Å². The second-order valence-corrected chi connectivity index (χ2v) is 5.94. The number of hydrogen-bond acceptors (Lipinski definition) is 5. The van der Waals surface area contributed by atoms with Crippen LogP contribution in [0.15, 0.2) is 17.6 Å². The normalized spacial score (nSPS) is 17.5. The predicted octanol–water partition coefficient (Wildman–Crippen LogP) is 0.0654. The van der Waals surface area contributed by atoms with Crippen LogP contribution in [-0.2, 0) is 18.3 Å². The molecule has 1 atom stereocenters. The molecule has 1 aliphatic heterocycles. The molecule has 1 aromatic heterocycles. The van der Waals surface area contributed by atoms with Gasteiger partial charge in [0, 0.05) is 39.3 Å². The van der Waals surface area contributed by atoms with Gasteiger partial charge in [0.05, 0.1) is 13.2 Å². The van der Waals surface area contributed by atoms with Gasteiger partial charge in [0.25, 0.3) is 0 Å². The van der Waals surface area contributed by atoms with Crippen molar-refractivity contribution in [2.24, 2.45) is 12.0 Å². The van der Waals surface area contributed by atoms with E-state index in [1.807, 2.05) is 24.6 Å². The van der Waals surface area contributed by atoms with Gasteiger partial charge in [0.1, 0.15) is 12.4 Å². The number of nitrogens with zero attached hydrogens (tertiary/aromatic N) is 5. The van der Waals surface area contributed by atoms with Crippen molar-refractivity contribution in [2.45, 2.75) is 26.4 Å². The van der Waals surface area contributed by atoms with Crippen molar-refractivity contribution in [1.82, 2.24) is 30.3 Å². The lowest BCUT2D eigenvalue weighted by atomic mass is 10.2. The Hall–Kier alpha value is -1.93. The van der Waals surface area contributed by atoms with Crippen LogP contribution in [0.1, 0.15) is 18.6 Å². The highest BCUT2D eigenvalue weighted by Gasteiger charge is 2.17. The lowest BCUT2D eigenvalue weighted by molar-refractivity contribution is 0.0211. The molecule has 24 heavy (non-hydrogen) atoms. The van der Waals surface area contributed by atoms with Gasteiger partial charge in [-0.15, -0.1) is 16.8 Å². The number of aromatic nitrogens is 3. The number of guanidine groups is 1. The van der Waals surface area contributed by atoms with Crippen molar-refractivity contribution in [1.29, 1.82) is 0 Å². The fraction of sp³-hybridized carbons (Fsp3) is 0.688. The van der Waals surface area contributed by atoms with Gasteiger partial charge in [0.15, 0.2) is 11.8 Å². The number of aryl methyl sites for hydroxylation is 1. The quantitative estimate of drug-likeness (QED) is 0.417. The Labute approximate surface area is 144 Å². The minimum Gasteiger partial charge on any atom is -0.379 e. The third-order valence-corrected chi connectivity index (χ3v) is 4.21. The molecule has 1 aliphatic rings. The van der Waals surface area contributed by atoms with Crippen molar-refractivity contribution in [3.05, 3.63) is 24.3 Å². The summed E-state index contributed by atoms with van der Waals surface area (Å²) in [7, 11) is 1.95. The Morgan fingerprint density at radius 1 is 1.38 bits per heavy atom. The molecule has 0 aliphatic carbocycles. The molecule has 1 aromatic rings. The zero-order valence-electron chi connectivity index (χ0n) is 15.0. The van der Waals surface area contributed by atoms with Gasteiger partial charge >= 0.3 is 0 Å². The summed E-state index contributed by atoms with van der Waals surface area (Å²) in [6.07, 6.45) is 1.81. The lowest BCUT2D eigenvalue weighted by Crippen LogP contribution is -2.49. The molecule has 1 unspecified atom stereocenters. The van der Waals surface area contributed by atoms with Crippen molar-refractivity contribution in [2.75, 3.05) is 39.4 Å². The monoisotopic (exact) mass is 335 g/mol. The highest BCUT2D eigenvalue weighted by Crippen LogP contribution is 2.03. The van der Waals surface area contributed by atoms with E-state index in [0.29, 0.717) is 19.1 Å². The molecule has 134 valence electrons. The molecule has 0 bridgehead atoms. The zero-order chi connectivity index (χ0) is 17.4. The van der Waals surface area contributed by atoms with Gasteiger partial charge in [-0.3, -0.25) is 4.90 Å². The van der Waals surface area contributed by atoms with Crippen LogP contribution in [0, 0.1) is 6.92 Å². The fourth-order valence-electron chi connectivity index (χ4n) is 2.47. The smallest absolute Gasteiger partial charge is 0.192 e. The average Bonchev–Trinajstić information content (AvgIpc) is 2.93. The van der Waals surface area contributed by atoms with E-state index in [4.69, 9.17) is 4.74 Å². The summed E-state index contributed by atoms with van der Waals surface area (Å²) < 4.78 is 7.35. The number of aliphatic imine (C=N–C) groups is 1. The van der Waals surface area contributed by atoms with Gasteiger partial charge in [-0.25, -0.2) is 4.99 Å². The molecule has 8 nitrogen and oxygen atoms in total. The highest BCUT2D eigenvalue weighted by molar-refractivity contribution is 5.79. The second kappa shape index (κ2) is 9.39. The van der Waals surface area contributed by atoms with E-state index >= 15 is 0 Å². The number of hydrogen-bond donors (Lipinski definition) is 2. The van der Waals surface area contributed by atoms with E-state index in [-0.39, 0.29) is 0 Å². The number of nitrogens with one attached hydrogen (secondary N) is 2. The maximum atomic E-state index is 5.40. The van der Waals surface area contributed by atoms with Gasteiger partial charge in [0.2, 0.25) is 0 Å². The maximum Gasteiger partial charge on any atom is 0.192 e. The molecule has 1 saturated heterocycles. The van der Waals surface area contributed by atoms with Crippen LogP contribution < -0.4 is 10.6 Å². The second-order valence-electron chi connectivity index (χ2n) is 5.94. The molecule has 0 amide bonds. The number of rotatable bonds is 7. The highest BCUT2D eigenvalue weighted by atomic mass is 16.5. The van der Waals surface area contributed by atoms with E-state index in [1.165, 1.54) is 0 Å². The van der Waals surface area contributed by atoms with Gasteiger partial charge < -0.3 is 19.9 Å². The van der Waals surface area contributed by atoms with E-state index in [9.17, 15) is 0 Å². The van der Waals surface area contributed by atoms with Gasteiger partial charge in [-0.1, -0.05) is 6.08 Å². The Morgan fingerprint density at radius 2 is 2.12 bits per heavy atom. The predicted molar refractivity (Wildman–Crippen MR) is 94.9 cm³/mol. The molecule has 2 N–H and O–H groups in total. The maximum absolute atomic E-state index is 5.40. The van der Waals surface area contributed by atoms with Crippen LogP contribution in [0.25, 0.3) is 0 Å². The fourth-order valence-corrected chi connectivity index (χ4v) is 2.47. The van der Waals surface area contributed by atoms with Crippen LogP contribution in [-0.4, -0.2) is 71.1 Å². The topological polar surface area (TPSA) is 79.6 Å². The molecule has 8 heteroatoms. The standard InChI is InChI=1S/C16H29N7O/c1-5-6-17-16(19-12-15-21-20-14(3)22(15)4)18-11-13(2)23-7-9-24-10-8-23/h5,13H,1,6-12H2,2-4H3,(H2,17,18,19). The van der Waals surface area contributed by atoms with Gasteiger partial charge in [-0.05, 0) is 13.8 Å². The molecule has 0 saturated carbocycles. The van der Waals surface area contributed by atoms with E-state index in [0.717, 1.165) is 50.5 Å². The number of morpholine rings is 1. The summed E-state index contributed by atoms with van der Waals surface area (Å²) in [5, 5.41) is 14.8. The van der Waals surface area contributed by atoms with Crippen LogP contribution in [0.4, 0.5) is 0 Å². The summed E-state index contributed by atoms with van der Waals surface area (Å²) in [4.78, 5) is 7.03. The van der Waals surface area contributed by atoms with Crippen molar-refractivity contribution in [3.8, 4) is 0 Å². The SMILES string of the molecule is C=CCNC(=NCc1nnc(C)n1C)NCC(C)N1CCOCC1. The largest absolute Gasteiger partial charge is 0.379 e. The summed E-state index contributed by atoms with van der Waals surface area (Å²) >= 11 is 0. The third kappa shape index (κ3) is 5.31. The first-order valence-electron chi connectivity index (χ1n) is 8.41. The van der Waals surface area contributed by atoms with Crippen LogP contribution in [0.2, 0.25) is 0 Å². The molecular formula is C16H29N7O. The Balaban J connectivity index is 1.90. The van der Waals surface area contributed by atoms with E-state index in [2.05, 4.69) is 44.2 Å². The average molecular weight is 335 g/mol. The molecule has 2 heterocycles. The van der Waals surface area contributed by atoms with E-state index < -0.39 is 0 Å². The summed E-state index contributed by atoms with van der Waals surface area (Å²) in [6.45, 7) is 13.4. The third-order valence-electron chi connectivity index (χ3n) is 4.21. The van der Waals surface area contributed by atoms with Crippen LogP contribution in [0.3, 0.4) is 0 Å². The zero-order valence-corrected chi connectivity index (χ0v) is 15.0. The first kappa shape index (κ1) is 18.4. The van der Waals surface area contributed by atoms with Crippen LogP contribution in [0.5, 0.6) is 0 Å². The summed E-state index contributed by atoms with van der Waals surface area (Å²) in [5.74, 6) is 2.48. The molecule has 0 aromatic carbocycles. The first-order chi connectivity index (χ1) is 11.6. The summed E-state index contributed by atoms with van der Waals surface area (Å²) in [6, 6.07) is 0.418. The van der Waals surface area contributed by atoms with E-state index in [1.54, 1.807) is 0 Å².